The number of nitrogens with zero attached hydrogens (tertiary/aromatic N) is 3. The minimum absolute atomic E-state index is 0.0225. The number of aromatic carboxylic acids is 1. The van der Waals surface area contributed by atoms with Crippen LogP contribution in [0.15, 0.2) is 42.6 Å². The molecule has 1 aromatic heterocycles. The van der Waals surface area contributed by atoms with E-state index >= 15 is 0 Å². The number of carbonyl (C=O) groups is 2. The van der Waals surface area contributed by atoms with Crippen LogP contribution in [0.2, 0.25) is 0 Å². The number of halogens is 1. The van der Waals surface area contributed by atoms with Crippen LogP contribution in [0.5, 0.6) is 0 Å². The first kappa shape index (κ1) is 16.9. The van der Waals surface area contributed by atoms with Gasteiger partial charge in [0.1, 0.15) is 17.2 Å². The van der Waals surface area contributed by atoms with Crippen molar-refractivity contribution in [3.63, 3.8) is 0 Å². The highest BCUT2D eigenvalue weighted by atomic mass is 19.1. The van der Waals surface area contributed by atoms with Crippen molar-refractivity contribution in [3.8, 4) is 0 Å². The van der Waals surface area contributed by atoms with Crippen molar-refractivity contribution in [1.82, 2.24) is 9.88 Å². The van der Waals surface area contributed by atoms with Crippen molar-refractivity contribution in [1.29, 1.82) is 0 Å². The van der Waals surface area contributed by atoms with Crippen LogP contribution in [-0.4, -0.2) is 53.0 Å². The van der Waals surface area contributed by atoms with Crippen LogP contribution in [-0.2, 0) is 11.2 Å². The molecule has 0 radical (unpaired) electrons. The molecule has 0 unspecified atom stereocenters. The predicted octanol–water partition coefficient (Wildman–Crippen LogP) is 1.81. The molecule has 0 bridgehead atoms. The Bertz CT molecular complexity index is 771. The van der Waals surface area contributed by atoms with Gasteiger partial charge in [-0.15, -0.1) is 0 Å². The monoisotopic (exact) mass is 343 g/mol. The molecule has 0 saturated carbocycles. The fraction of sp³-hybridized carbons (Fsp3) is 0.278. The molecule has 1 aromatic carbocycles. The number of hydrogen-bond acceptors (Lipinski definition) is 4. The molecule has 6 nitrogen and oxygen atoms in total. The van der Waals surface area contributed by atoms with E-state index in [9.17, 15) is 19.1 Å². The van der Waals surface area contributed by atoms with Gasteiger partial charge in [0.05, 0.1) is 6.42 Å². The van der Waals surface area contributed by atoms with E-state index < -0.39 is 5.97 Å². The molecule has 1 fully saturated rings. The Morgan fingerprint density at radius 3 is 2.40 bits per heavy atom. The average molecular weight is 343 g/mol. The third kappa shape index (κ3) is 3.93. The van der Waals surface area contributed by atoms with Crippen molar-refractivity contribution in [2.24, 2.45) is 0 Å². The summed E-state index contributed by atoms with van der Waals surface area (Å²) in [6, 6.07) is 9.02. The smallest absolute Gasteiger partial charge is 0.339 e. The van der Waals surface area contributed by atoms with Crippen LogP contribution < -0.4 is 4.90 Å². The van der Waals surface area contributed by atoms with Gasteiger partial charge in [0.15, 0.2) is 0 Å². The summed E-state index contributed by atoms with van der Waals surface area (Å²) in [6.45, 7) is 2.03. The summed E-state index contributed by atoms with van der Waals surface area (Å²) in [5, 5.41) is 9.26. The van der Waals surface area contributed by atoms with Gasteiger partial charge in [-0.3, -0.25) is 4.79 Å². The molecule has 0 aliphatic carbocycles. The van der Waals surface area contributed by atoms with Gasteiger partial charge in [-0.25, -0.2) is 14.2 Å². The summed E-state index contributed by atoms with van der Waals surface area (Å²) in [7, 11) is 0. The Kier molecular flexibility index (Phi) is 4.92. The van der Waals surface area contributed by atoms with Gasteiger partial charge in [-0.1, -0.05) is 12.1 Å². The number of anilines is 1. The van der Waals surface area contributed by atoms with Crippen molar-refractivity contribution in [2.75, 3.05) is 31.1 Å². The first-order valence-corrected chi connectivity index (χ1v) is 8.00. The molecule has 1 amide bonds. The lowest BCUT2D eigenvalue weighted by molar-refractivity contribution is -0.130. The number of rotatable bonds is 4. The lowest BCUT2D eigenvalue weighted by atomic mass is 10.1. The van der Waals surface area contributed by atoms with Crippen LogP contribution in [0.3, 0.4) is 0 Å². The van der Waals surface area contributed by atoms with E-state index in [1.165, 1.54) is 18.2 Å². The number of hydrogen-bond donors (Lipinski definition) is 1. The van der Waals surface area contributed by atoms with Crippen molar-refractivity contribution in [3.05, 3.63) is 59.5 Å². The molecular weight excluding hydrogens is 325 g/mol. The number of pyridine rings is 1. The van der Waals surface area contributed by atoms with Gasteiger partial charge in [-0.2, -0.15) is 0 Å². The van der Waals surface area contributed by atoms with Crippen molar-refractivity contribution < 1.29 is 19.1 Å². The molecule has 7 heteroatoms. The normalized spacial score (nSPS) is 14.4. The molecule has 0 atom stereocenters. The number of amides is 1. The standard InChI is InChI=1S/C18H18FN3O3/c19-14-5-3-13(4-6-14)12-16(23)21-8-10-22(11-9-21)17-15(18(24)25)2-1-7-20-17/h1-7H,8-12H2,(H,24,25). The van der Waals surface area contributed by atoms with E-state index in [-0.39, 0.29) is 23.7 Å². The number of piperazine rings is 1. The molecule has 0 spiro atoms. The number of carboxylic acids is 1. The number of carboxylic acid groups (broad SMARTS) is 1. The van der Waals surface area contributed by atoms with E-state index in [1.54, 1.807) is 29.3 Å². The zero-order chi connectivity index (χ0) is 17.8. The Labute approximate surface area is 144 Å². The van der Waals surface area contributed by atoms with Gasteiger partial charge in [0.2, 0.25) is 5.91 Å². The van der Waals surface area contributed by atoms with E-state index in [1.807, 2.05) is 4.90 Å². The van der Waals surface area contributed by atoms with Gasteiger partial charge < -0.3 is 14.9 Å². The molecule has 2 aromatic rings. The zero-order valence-electron chi connectivity index (χ0n) is 13.6. The van der Waals surface area contributed by atoms with Crippen LogP contribution in [0.4, 0.5) is 10.2 Å². The second-order valence-corrected chi connectivity index (χ2v) is 5.85. The molecule has 2 heterocycles. The predicted molar refractivity (Wildman–Crippen MR) is 90.1 cm³/mol. The fourth-order valence-electron chi connectivity index (χ4n) is 2.87. The lowest BCUT2D eigenvalue weighted by Crippen LogP contribution is -2.49. The Morgan fingerprint density at radius 1 is 1.08 bits per heavy atom. The zero-order valence-corrected chi connectivity index (χ0v) is 13.6. The van der Waals surface area contributed by atoms with E-state index in [2.05, 4.69) is 4.98 Å². The molecule has 25 heavy (non-hydrogen) atoms. The van der Waals surface area contributed by atoms with Gasteiger partial charge >= 0.3 is 5.97 Å². The minimum Gasteiger partial charge on any atom is -0.478 e. The molecule has 1 aliphatic heterocycles. The Hall–Kier alpha value is -2.96. The maximum atomic E-state index is 12.9. The highest BCUT2D eigenvalue weighted by Gasteiger charge is 2.24. The van der Waals surface area contributed by atoms with Crippen molar-refractivity contribution >= 4 is 17.7 Å². The van der Waals surface area contributed by atoms with Crippen LogP contribution in [0, 0.1) is 5.82 Å². The second-order valence-electron chi connectivity index (χ2n) is 5.85. The highest BCUT2D eigenvalue weighted by molar-refractivity contribution is 5.93. The number of carbonyl (C=O) groups excluding carboxylic acids is 1. The van der Waals surface area contributed by atoms with E-state index in [4.69, 9.17) is 0 Å². The quantitative estimate of drug-likeness (QED) is 0.916. The topological polar surface area (TPSA) is 73.7 Å². The van der Waals surface area contributed by atoms with Crippen LogP contribution in [0.1, 0.15) is 15.9 Å². The summed E-state index contributed by atoms with van der Waals surface area (Å²) >= 11 is 0. The lowest BCUT2D eigenvalue weighted by Gasteiger charge is -2.36. The molecule has 3 rings (SSSR count). The SMILES string of the molecule is O=C(O)c1cccnc1N1CCN(C(=O)Cc2ccc(F)cc2)CC1. The molecule has 1 N–H and O–H groups in total. The maximum Gasteiger partial charge on any atom is 0.339 e. The maximum absolute atomic E-state index is 12.9. The summed E-state index contributed by atoms with van der Waals surface area (Å²) in [5.41, 5.74) is 0.931. The number of benzene rings is 1. The summed E-state index contributed by atoms with van der Waals surface area (Å²) in [6.07, 6.45) is 1.79. The van der Waals surface area contributed by atoms with Crippen LogP contribution in [0.25, 0.3) is 0 Å². The summed E-state index contributed by atoms with van der Waals surface area (Å²) < 4.78 is 12.9. The van der Waals surface area contributed by atoms with E-state index in [0.717, 1.165) is 5.56 Å². The first-order chi connectivity index (χ1) is 12.0. The van der Waals surface area contributed by atoms with Gasteiger partial charge in [0, 0.05) is 32.4 Å². The van der Waals surface area contributed by atoms with Gasteiger partial charge in [-0.05, 0) is 29.8 Å². The minimum atomic E-state index is -1.02. The van der Waals surface area contributed by atoms with Gasteiger partial charge in [0.25, 0.3) is 0 Å². The Morgan fingerprint density at radius 2 is 1.76 bits per heavy atom. The summed E-state index contributed by atoms with van der Waals surface area (Å²) in [4.78, 5) is 31.5. The summed E-state index contributed by atoms with van der Waals surface area (Å²) in [5.74, 6) is -0.932. The van der Waals surface area contributed by atoms with E-state index in [0.29, 0.717) is 32.0 Å². The molecule has 1 aliphatic rings. The highest BCUT2D eigenvalue weighted by Crippen LogP contribution is 2.19. The molecule has 1 saturated heterocycles. The third-order valence-corrected chi connectivity index (χ3v) is 4.22. The van der Waals surface area contributed by atoms with Crippen LogP contribution >= 0.6 is 0 Å². The Balaban J connectivity index is 1.61. The molecule has 130 valence electrons. The van der Waals surface area contributed by atoms with Crippen molar-refractivity contribution in [2.45, 2.75) is 6.42 Å². The fourth-order valence-corrected chi connectivity index (χ4v) is 2.87. The third-order valence-electron chi connectivity index (χ3n) is 4.22. The molecular formula is C18H18FN3O3. The number of aromatic nitrogens is 1. The average Bonchev–Trinajstić information content (AvgIpc) is 2.63. The second kappa shape index (κ2) is 7.29. The first-order valence-electron chi connectivity index (χ1n) is 8.00. The largest absolute Gasteiger partial charge is 0.478 e.